The summed E-state index contributed by atoms with van der Waals surface area (Å²) in [6.45, 7) is 0. The normalized spacial score (nSPS) is 43.4. The molecule has 4 fully saturated rings. The number of nitrogens with two attached hydrogens (primary N) is 1. The molecule has 1 aromatic rings. The van der Waals surface area contributed by atoms with Crippen molar-refractivity contribution in [3.8, 4) is 0 Å². The lowest BCUT2D eigenvalue weighted by molar-refractivity contribution is -0.0321. The topological polar surface area (TPSA) is 68.0 Å². The molecule has 19 heavy (non-hydrogen) atoms. The molecule has 4 bridgehead atoms. The largest absolute Gasteiger partial charge is 0.345 e. The van der Waals surface area contributed by atoms with Gasteiger partial charge in [0.1, 0.15) is 5.69 Å². The maximum atomic E-state index is 12.3. The van der Waals surface area contributed by atoms with Gasteiger partial charge in [0.25, 0.3) is 5.91 Å². The number of nitrogens with one attached hydrogen (secondary N) is 1. The van der Waals surface area contributed by atoms with Gasteiger partial charge in [-0.2, -0.15) is 0 Å². The second kappa shape index (κ2) is 3.79. The molecule has 0 aromatic carbocycles. The molecule has 1 aromatic heterocycles. The van der Waals surface area contributed by atoms with Crippen LogP contribution in [0.2, 0.25) is 0 Å². The number of hydrogen-bond acceptors (Lipinski definition) is 4. The van der Waals surface area contributed by atoms with Crippen LogP contribution >= 0.6 is 11.3 Å². The molecule has 4 aliphatic carbocycles. The third kappa shape index (κ3) is 1.91. The quantitative estimate of drug-likeness (QED) is 0.868. The minimum atomic E-state index is -0.0560. The lowest BCUT2D eigenvalue weighted by Crippen LogP contribution is -2.68. The molecular formula is C14H19N3OS. The first-order chi connectivity index (χ1) is 9.06. The van der Waals surface area contributed by atoms with Crippen LogP contribution in [0.5, 0.6) is 0 Å². The van der Waals surface area contributed by atoms with E-state index in [0.29, 0.717) is 17.5 Å². The van der Waals surface area contributed by atoms with Crippen LogP contribution in [0.1, 0.15) is 49.0 Å². The van der Waals surface area contributed by atoms with Gasteiger partial charge >= 0.3 is 0 Å². The number of carbonyl (C=O) groups excluding carboxylic acids is 1. The molecule has 0 aliphatic heterocycles. The van der Waals surface area contributed by atoms with Crippen molar-refractivity contribution in [2.24, 2.45) is 17.6 Å². The summed E-state index contributed by atoms with van der Waals surface area (Å²) in [5, 5.41) is 5.09. The number of amides is 1. The van der Waals surface area contributed by atoms with Gasteiger partial charge in [-0.05, 0) is 50.4 Å². The van der Waals surface area contributed by atoms with E-state index in [0.717, 1.165) is 32.1 Å². The van der Waals surface area contributed by atoms with Gasteiger partial charge in [-0.25, -0.2) is 4.98 Å². The zero-order valence-corrected chi connectivity index (χ0v) is 11.7. The maximum absolute atomic E-state index is 12.3. The Bertz CT molecular complexity index is 499. The molecule has 2 unspecified atom stereocenters. The number of thiazole rings is 1. The summed E-state index contributed by atoms with van der Waals surface area (Å²) in [7, 11) is 0. The van der Waals surface area contributed by atoms with Crippen LogP contribution in [0.4, 0.5) is 0 Å². The number of hydrogen-bond donors (Lipinski definition) is 2. The second-order valence-corrected chi connectivity index (χ2v) is 7.65. The minimum Gasteiger partial charge on any atom is -0.345 e. The monoisotopic (exact) mass is 277 g/mol. The Morgan fingerprint density at radius 1 is 1.37 bits per heavy atom. The van der Waals surface area contributed by atoms with Gasteiger partial charge < -0.3 is 11.1 Å². The summed E-state index contributed by atoms with van der Waals surface area (Å²) >= 11 is 1.46. The number of carbonyl (C=O) groups is 1. The van der Waals surface area contributed by atoms with Crippen molar-refractivity contribution in [2.75, 3.05) is 0 Å². The molecule has 5 rings (SSSR count). The van der Waals surface area contributed by atoms with E-state index < -0.39 is 0 Å². The van der Waals surface area contributed by atoms with Crippen LogP contribution in [0.25, 0.3) is 0 Å². The smallest absolute Gasteiger partial charge is 0.271 e. The van der Waals surface area contributed by atoms with Crippen LogP contribution in [-0.4, -0.2) is 22.0 Å². The van der Waals surface area contributed by atoms with E-state index in [-0.39, 0.29) is 17.0 Å². The first kappa shape index (κ1) is 11.9. The fourth-order valence-corrected chi connectivity index (χ4v) is 5.64. The Morgan fingerprint density at radius 3 is 2.68 bits per heavy atom. The molecule has 3 N–H and O–H groups in total. The second-order valence-electron chi connectivity index (χ2n) is 6.93. The Labute approximate surface area is 116 Å². The van der Waals surface area contributed by atoms with E-state index in [1.807, 2.05) is 5.38 Å². The number of nitrogens with zero attached hydrogens (tertiary/aromatic N) is 1. The van der Waals surface area contributed by atoms with Crippen molar-refractivity contribution in [3.05, 3.63) is 16.6 Å². The van der Waals surface area contributed by atoms with Gasteiger partial charge in [0.2, 0.25) is 0 Å². The van der Waals surface area contributed by atoms with E-state index in [4.69, 9.17) is 5.73 Å². The van der Waals surface area contributed by atoms with E-state index >= 15 is 0 Å². The zero-order valence-electron chi connectivity index (χ0n) is 10.9. The minimum absolute atomic E-state index is 0.0215. The lowest BCUT2D eigenvalue weighted by Gasteiger charge is -2.61. The Morgan fingerprint density at radius 2 is 2.11 bits per heavy atom. The molecule has 1 amide bonds. The highest BCUT2D eigenvalue weighted by Crippen LogP contribution is 2.56. The van der Waals surface area contributed by atoms with Crippen LogP contribution < -0.4 is 11.1 Å². The van der Waals surface area contributed by atoms with E-state index in [9.17, 15) is 4.79 Å². The Hall–Kier alpha value is -0.940. The Balaban J connectivity index is 1.59. The summed E-state index contributed by atoms with van der Waals surface area (Å²) < 4.78 is 0. The highest BCUT2D eigenvalue weighted by molar-refractivity contribution is 7.07. The SMILES string of the molecule is NC12CC3CC(C1)CC(NC(=O)c1cscn1)(C3)C2. The first-order valence-electron chi connectivity index (χ1n) is 7.06. The van der Waals surface area contributed by atoms with Crippen molar-refractivity contribution in [2.45, 2.75) is 49.6 Å². The molecule has 2 atom stereocenters. The summed E-state index contributed by atoms with van der Waals surface area (Å²) in [5.41, 5.74) is 8.71. The van der Waals surface area contributed by atoms with Gasteiger partial charge in [0, 0.05) is 16.5 Å². The average Bonchev–Trinajstić information content (AvgIpc) is 2.77. The number of rotatable bonds is 2. The summed E-state index contributed by atoms with van der Waals surface area (Å²) in [4.78, 5) is 16.4. The first-order valence-corrected chi connectivity index (χ1v) is 8.00. The lowest BCUT2D eigenvalue weighted by atomic mass is 9.50. The van der Waals surface area contributed by atoms with E-state index in [1.165, 1.54) is 17.8 Å². The molecule has 1 heterocycles. The predicted molar refractivity (Wildman–Crippen MR) is 73.9 cm³/mol. The molecule has 4 saturated carbocycles. The van der Waals surface area contributed by atoms with Gasteiger partial charge in [-0.3, -0.25) is 4.79 Å². The van der Waals surface area contributed by atoms with Crippen LogP contribution in [-0.2, 0) is 0 Å². The molecule has 5 heteroatoms. The van der Waals surface area contributed by atoms with Crippen LogP contribution in [0, 0.1) is 11.8 Å². The van der Waals surface area contributed by atoms with E-state index in [1.54, 1.807) is 5.51 Å². The van der Waals surface area contributed by atoms with Crippen molar-refractivity contribution < 1.29 is 4.79 Å². The highest BCUT2D eigenvalue weighted by Gasteiger charge is 2.56. The van der Waals surface area contributed by atoms with Crippen LogP contribution in [0.3, 0.4) is 0 Å². The van der Waals surface area contributed by atoms with Gasteiger partial charge in [-0.1, -0.05) is 0 Å². The van der Waals surface area contributed by atoms with Gasteiger partial charge in [-0.15, -0.1) is 11.3 Å². The fraction of sp³-hybridized carbons (Fsp3) is 0.714. The van der Waals surface area contributed by atoms with Crippen LogP contribution in [0.15, 0.2) is 10.9 Å². The summed E-state index contributed by atoms with van der Waals surface area (Å²) in [6.07, 6.45) is 6.78. The average molecular weight is 277 g/mol. The molecular weight excluding hydrogens is 258 g/mol. The van der Waals surface area contributed by atoms with Crippen molar-refractivity contribution in [3.63, 3.8) is 0 Å². The van der Waals surface area contributed by atoms with Crippen molar-refractivity contribution >= 4 is 17.2 Å². The molecule has 0 radical (unpaired) electrons. The standard InChI is InChI=1S/C14H19N3OS/c15-13-2-9-1-10(3-13)5-14(4-9,7-13)17-12(18)11-6-19-8-16-11/h6,8-10H,1-5,7,15H2,(H,17,18). The third-order valence-electron chi connectivity index (χ3n) is 5.15. The number of aromatic nitrogens is 1. The van der Waals surface area contributed by atoms with Gasteiger partial charge in [0.15, 0.2) is 0 Å². The van der Waals surface area contributed by atoms with Crippen molar-refractivity contribution in [1.29, 1.82) is 0 Å². The molecule has 0 saturated heterocycles. The fourth-order valence-electron chi connectivity index (χ4n) is 5.11. The molecule has 4 nitrogen and oxygen atoms in total. The Kier molecular flexibility index (Phi) is 2.37. The summed E-state index contributed by atoms with van der Waals surface area (Å²) in [5.74, 6) is 1.40. The third-order valence-corrected chi connectivity index (χ3v) is 5.74. The molecule has 4 aliphatic rings. The summed E-state index contributed by atoms with van der Waals surface area (Å²) in [6, 6.07) is 0. The van der Waals surface area contributed by atoms with Gasteiger partial charge in [0.05, 0.1) is 5.51 Å². The predicted octanol–water partition coefficient (Wildman–Crippen LogP) is 1.92. The molecule has 0 spiro atoms. The van der Waals surface area contributed by atoms with Crippen molar-refractivity contribution in [1.82, 2.24) is 10.3 Å². The maximum Gasteiger partial charge on any atom is 0.271 e. The van der Waals surface area contributed by atoms with E-state index in [2.05, 4.69) is 10.3 Å². The highest BCUT2D eigenvalue weighted by atomic mass is 32.1. The molecule has 102 valence electrons. The zero-order chi connectivity index (χ0) is 13.1.